The molecule has 37 heavy (non-hydrogen) atoms. The maximum Gasteiger partial charge on any atom is 0.407 e. The van der Waals surface area contributed by atoms with Gasteiger partial charge in [0.1, 0.15) is 11.9 Å². The molecule has 10 nitrogen and oxygen atoms in total. The van der Waals surface area contributed by atoms with Gasteiger partial charge in [-0.3, -0.25) is 0 Å². The molecule has 12 heteroatoms. The molecule has 1 aromatic carbocycles. The van der Waals surface area contributed by atoms with Crippen molar-refractivity contribution in [3.8, 4) is 11.5 Å². The summed E-state index contributed by atoms with van der Waals surface area (Å²) in [4.78, 5) is 26.5. The number of alkyl carbamates (subject to hydrolysis) is 1. The number of benzene rings is 1. The zero-order valence-corrected chi connectivity index (χ0v) is 23.5. The Kier molecular flexibility index (Phi) is 7.39. The lowest BCUT2D eigenvalue weighted by atomic mass is 9.84. The average Bonchev–Trinajstić information content (AvgIpc) is 3.42. The van der Waals surface area contributed by atoms with Gasteiger partial charge in [-0.15, -0.1) is 0 Å². The summed E-state index contributed by atoms with van der Waals surface area (Å²) in [6.07, 6.45) is 6.08. The summed E-state index contributed by atoms with van der Waals surface area (Å²) in [7, 11) is 0. The minimum absolute atomic E-state index is 0.155. The third-order valence-electron chi connectivity index (χ3n) is 6.48. The molecule has 3 N–H and O–H groups in total. The van der Waals surface area contributed by atoms with E-state index in [0.29, 0.717) is 23.0 Å². The summed E-state index contributed by atoms with van der Waals surface area (Å²) < 4.78 is 19.5. The third-order valence-corrected chi connectivity index (χ3v) is 8.45. The number of rotatable bonds is 6. The van der Waals surface area contributed by atoms with E-state index in [9.17, 15) is 4.79 Å². The molecule has 1 amide bonds. The van der Waals surface area contributed by atoms with Crippen molar-refractivity contribution >= 4 is 50.8 Å². The third kappa shape index (κ3) is 6.06. The number of nitrogens with one attached hydrogen (secondary N) is 1. The van der Waals surface area contributed by atoms with Gasteiger partial charge in [-0.05, 0) is 86.9 Å². The molecule has 0 radical (unpaired) electrons. The van der Waals surface area contributed by atoms with Crippen molar-refractivity contribution in [1.82, 2.24) is 24.8 Å². The van der Waals surface area contributed by atoms with Crippen LogP contribution in [0.25, 0.3) is 11.2 Å². The molecule has 1 saturated carbocycles. The molecule has 5 rings (SSSR count). The van der Waals surface area contributed by atoms with Gasteiger partial charge in [-0.2, -0.15) is 0 Å². The lowest BCUT2D eigenvalue weighted by molar-refractivity contribution is 0.0486. The van der Waals surface area contributed by atoms with Gasteiger partial charge in [-0.1, -0.05) is 11.8 Å². The van der Waals surface area contributed by atoms with E-state index in [2.05, 4.69) is 35.8 Å². The molecule has 3 heterocycles. The van der Waals surface area contributed by atoms with Gasteiger partial charge in [0.25, 0.3) is 0 Å². The second-order valence-electron chi connectivity index (χ2n) is 10.4. The minimum Gasteiger partial charge on any atom is -0.454 e. The highest BCUT2D eigenvalue weighted by Gasteiger charge is 2.26. The Morgan fingerprint density at radius 3 is 2.68 bits per heavy atom. The van der Waals surface area contributed by atoms with E-state index in [1.165, 1.54) is 18.1 Å². The van der Waals surface area contributed by atoms with Crippen molar-refractivity contribution in [1.29, 1.82) is 0 Å². The van der Waals surface area contributed by atoms with E-state index in [0.717, 1.165) is 64.6 Å². The van der Waals surface area contributed by atoms with Crippen molar-refractivity contribution in [3.63, 3.8) is 0 Å². The normalized spacial score (nSPS) is 19.2. The Bertz CT molecular complexity index is 1300. The van der Waals surface area contributed by atoms with Gasteiger partial charge < -0.3 is 29.8 Å². The van der Waals surface area contributed by atoms with E-state index >= 15 is 0 Å². The number of hydrogen-bond donors (Lipinski definition) is 2. The molecule has 198 valence electrons. The van der Waals surface area contributed by atoms with E-state index < -0.39 is 5.60 Å². The summed E-state index contributed by atoms with van der Waals surface area (Å²) in [6, 6.07) is 4.02. The number of amides is 1. The first-order valence-corrected chi connectivity index (χ1v) is 14.0. The number of nitrogen functional groups attached to an aromatic ring is 1. The van der Waals surface area contributed by atoms with Crippen LogP contribution in [-0.4, -0.2) is 44.0 Å². The van der Waals surface area contributed by atoms with E-state index in [1.54, 1.807) is 0 Å². The van der Waals surface area contributed by atoms with Gasteiger partial charge in [0, 0.05) is 22.0 Å². The van der Waals surface area contributed by atoms with Crippen molar-refractivity contribution < 1.29 is 19.0 Å². The molecule has 0 atom stereocenters. The highest BCUT2D eigenvalue weighted by atomic mass is 79.9. The monoisotopic (exact) mass is 590 g/mol. The fourth-order valence-electron chi connectivity index (χ4n) is 4.67. The summed E-state index contributed by atoms with van der Waals surface area (Å²) in [5.41, 5.74) is 6.98. The van der Waals surface area contributed by atoms with Crippen LogP contribution in [0.2, 0.25) is 0 Å². The zero-order chi connectivity index (χ0) is 26.2. The molecule has 2 aliphatic rings. The number of nitrogens with zero attached hydrogens (tertiary/aromatic N) is 4. The van der Waals surface area contributed by atoms with Crippen LogP contribution in [0.15, 0.2) is 33.0 Å². The largest absolute Gasteiger partial charge is 0.454 e. The van der Waals surface area contributed by atoms with Crippen LogP contribution in [0.3, 0.4) is 0 Å². The molecule has 1 fully saturated rings. The molecule has 3 aromatic rings. The van der Waals surface area contributed by atoms with Crippen molar-refractivity contribution in [2.24, 2.45) is 5.92 Å². The first-order valence-electron chi connectivity index (χ1n) is 12.4. The number of anilines is 1. The lowest BCUT2D eigenvalue weighted by Gasteiger charge is -2.30. The predicted octanol–water partition coefficient (Wildman–Crippen LogP) is 5.52. The van der Waals surface area contributed by atoms with Crippen molar-refractivity contribution in [2.75, 3.05) is 12.5 Å². The van der Waals surface area contributed by atoms with E-state index in [4.69, 9.17) is 24.9 Å². The number of hydrogen-bond acceptors (Lipinski definition) is 9. The minimum atomic E-state index is -0.492. The topological polar surface area (TPSA) is 126 Å². The van der Waals surface area contributed by atoms with Gasteiger partial charge >= 0.3 is 6.09 Å². The summed E-state index contributed by atoms with van der Waals surface area (Å²) in [5.74, 6) is 2.34. The Morgan fingerprint density at radius 2 is 1.95 bits per heavy atom. The fourth-order valence-corrected chi connectivity index (χ4v) is 6.18. The molecule has 0 unspecified atom stereocenters. The number of imidazole rings is 1. The quantitative estimate of drug-likeness (QED) is 0.381. The van der Waals surface area contributed by atoms with Crippen molar-refractivity contribution in [2.45, 2.75) is 81.1 Å². The van der Waals surface area contributed by atoms with Gasteiger partial charge in [0.2, 0.25) is 6.79 Å². The number of aryl methyl sites for hydroxylation is 1. The number of aromatic nitrogens is 4. The Labute approximate surface area is 228 Å². The molecule has 0 spiro atoms. The summed E-state index contributed by atoms with van der Waals surface area (Å²) in [5, 5.41) is 3.81. The molecule has 2 aromatic heterocycles. The lowest BCUT2D eigenvalue weighted by Crippen LogP contribution is -2.41. The molecule has 1 aliphatic heterocycles. The average molecular weight is 592 g/mol. The molecule has 1 aliphatic carbocycles. The zero-order valence-electron chi connectivity index (χ0n) is 21.1. The van der Waals surface area contributed by atoms with E-state index in [-0.39, 0.29) is 18.9 Å². The van der Waals surface area contributed by atoms with Gasteiger partial charge in [0.15, 0.2) is 33.6 Å². The number of ether oxygens (including phenoxy) is 3. The predicted molar refractivity (Wildman–Crippen MR) is 144 cm³/mol. The van der Waals surface area contributed by atoms with Crippen LogP contribution < -0.4 is 20.5 Å². The van der Waals surface area contributed by atoms with Crippen LogP contribution in [0, 0.1) is 5.92 Å². The van der Waals surface area contributed by atoms with Crippen molar-refractivity contribution in [3.05, 3.63) is 22.9 Å². The maximum atomic E-state index is 12.1. The Balaban J connectivity index is 1.27. The van der Waals surface area contributed by atoms with Crippen LogP contribution in [-0.2, 0) is 11.3 Å². The molecule has 0 saturated heterocycles. The second-order valence-corrected chi connectivity index (χ2v) is 12.2. The standard InChI is InChI=1S/C25H31BrN6O4S/c1-25(2,3)36-24(33)30-15-6-4-14(5-7-15)8-9-32-22-20(21(27)28-12-29-22)31-23(32)37-19-11-18-17(10-16(19)26)34-13-35-18/h10-12,14-15H,4-9,13H2,1-3H3,(H,30,33)(H2,27,28,29). The van der Waals surface area contributed by atoms with E-state index in [1.807, 2.05) is 32.9 Å². The number of halogens is 1. The first-order chi connectivity index (χ1) is 17.7. The fraction of sp³-hybridized carbons (Fsp3) is 0.520. The first kappa shape index (κ1) is 25.9. The van der Waals surface area contributed by atoms with Crippen LogP contribution in [0.1, 0.15) is 52.9 Å². The smallest absolute Gasteiger partial charge is 0.407 e. The molecule has 0 bridgehead atoms. The number of fused-ring (bicyclic) bond motifs is 2. The SMILES string of the molecule is CC(C)(C)OC(=O)NC1CCC(CCn2c(Sc3cc4c(cc3Br)OCO4)nc3c(N)ncnc32)CC1. The highest BCUT2D eigenvalue weighted by molar-refractivity contribution is 9.10. The Hall–Kier alpha value is -2.73. The number of nitrogens with two attached hydrogens (primary N) is 1. The summed E-state index contributed by atoms with van der Waals surface area (Å²) in [6.45, 7) is 6.60. The van der Waals surface area contributed by atoms with Crippen LogP contribution in [0.4, 0.5) is 10.6 Å². The summed E-state index contributed by atoms with van der Waals surface area (Å²) >= 11 is 5.17. The van der Waals surface area contributed by atoms with Gasteiger partial charge in [-0.25, -0.2) is 19.7 Å². The number of carbonyl (C=O) groups is 1. The van der Waals surface area contributed by atoms with Crippen LogP contribution in [0.5, 0.6) is 11.5 Å². The van der Waals surface area contributed by atoms with Gasteiger partial charge in [0.05, 0.1) is 0 Å². The molecular weight excluding hydrogens is 560 g/mol. The number of carbonyl (C=O) groups excluding carboxylic acids is 1. The second kappa shape index (κ2) is 10.6. The van der Waals surface area contributed by atoms with Crippen LogP contribution >= 0.6 is 27.7 Å². The highest BCUT2D eigenvalue weighted by Crippen LogP contribution is 2.43. The Morgan fingerprint density at radius 1 is 1.22 bits per heavy atom. The molecular formula is C25H31BrN6O4S. The maximum absolute atomic E-state index is 12.1.